The van der Waals surface area contributed by atoms with Crippen molar-refractivity contribution in [3.8, 4) is 0 Å². The number of amides is 1. The summed E-state index contributed by atoms with van der Waals surface area (Å²) in [6.45, 7) is 5.52. The molecule has 6 heteroatoms. The summed E-state index contributed by atoms with van der Waals surface area (Å²) in [7, 11) is 0. The number of aryl methyl sites for hydroxylation is 2. The molecule has 5 nitrogen and oxygen atoms in total. The third-order valence-electron chi connectivity index (χ3n) is 3.77. The lowest BCUT2D eigenvalue weighted by Crippen LogP contribution is -2.40. The summed E-state index contributed by atoms with van der Waals surface area (Å²) in [6.07, 6.45) is 7.65. The minimum absolute atomic E-state index is 0.109. The highest BCUT2D eigenvalue weighted by Crippen LogP contribution is 2.25. The number of piperidine rings is 1. The van der Waals surface area contributed by atoms with Crippen molar-refractivity contribution < 1.29 is 4.79 Å². The van der Waals surface area contributed by atoms with Gasteiger partial charge in [0.1, 0.15) is 10.7 Å². The molecule has 1 amide bonds. The Morgan fingerprint density at radius 3 is 2.90 bits per heavy atom. The molecule has 1 aliphatic rings. The largest absolute Gasteiger partial charge is 0.336 e. The fourth-order valence-electron chi connectivity index (χ4n) is 2.76. The van der Waals surface area contributed by atoms with Gasteiger partial charge in [0, 0.05) is 25.5 Å². The lowest BCUT2D eigenvalue weighted by atomic mass is 10.1. The average Bonchev–Trinajstić information content (AvgIpc) is 3.07. The zero-order valence-corrected chi connectivity index (χ0v) is 12.6. The molecule has 1 saturated heterocycles. The molecule has 20 heavy (non-hydrogen) atoms. The van der Waals surface area contributed by atoms with Crippen LogP contribution in [0.2, 0.25) is 0 Å². The summed E-state index contributed by atoms with van der Waals surface area (Å²) in [5, 5.41) is 0.937. The van der Waals surface area contributed by atoms with E-state index in [0.717, 1.165) is 41.6 Å². The van der Waals surface area contributed by atoms with Crippen LogP contribution < -0.4 is 0 Å². The van der Waals surface area contributed by atoms with Crippen molar-refractivity contribution in [3.05, 3.63) is 34.3 Å². The predicted molar refractivity (Wildman–Crippen MR) is 78.0 cm³/mol. The molecule has 0 spiro atoms. The minimum Gasteiger partial charge on any atom is -0.336 e. The van der Waals surface area contributed by atoms with Gasteiger partial charge in [-0.15, -0.1) is 11.3 Å². The number of hydrogen-bond acceptors (Lipinski definition) is 4. The first-order valence-electron chi connectivity index (χ1n) is 6.86. The number of hydrogen-bond donors (Lipinski definition) is 0. The fraction of sp³-hybridized carbons (Fsp3) is 0.500. The number of thiazole rings is 1. The molecule has 0 unspecified atom stereocenters. The van der Waals surface area contributed by atoms with Gasteiger partial charge in [0.25, 0.3) is 5.91 Å². The number of nitrogens with zero attached hydrogens (tertiary/aromatic N) is 4. The molecule has 0 radical (unpaired) electrons. The van der Waals surface area contributed by atoms with Gasteiger partial charge < -0.3 is 9.47 Å². The van der Waals surface area contributed by atoms with Gasteiger partial charge in [-0.3, -0.25) is 4.79 Å². The molecule has 1 fully saturated rings. The molecule has 1 aliphatic heterocycles. The van der Waals surface area contributed by atoms with Crippen molar-refractivity contribution in [1.29, 1.82) is 0 Å². The van der Waals surface area contributed by atoms with Gasteiger partial charge in [-0.1, -0.05) is 0 Å². The van der Waals surface area contributed by atoms with E-state index >= 15 is 0 Å². The van der Waals surface area contributed by atoms with Gasteiger partial charge in [-0.2, -0.15) is 0 Å². The number of aromatic nitrogens is 3. The average molecular weight is 290 g/mol. The van der Waals surface area contributed by atoms with E-state index < -0.39 is 0 Å². The molecule has 0 saturated carbocycles. The molecule has 2 aromatic heterocycles. The molecule has 3 heterocycles. The Kier molecular flexibility index (Phi) is 3.56. The van der Waals surface area contributed by atoms with Crippen molar-refractivity contribution in [2.24, 2.45) is 0 Å². The molecule has 1 atom stereocenters. The van der Waals surface area contributed by atoms with Crippen LogP contribution in [0.1, 0.15) is 39.4 Å². The lowest BCUT2D eigenvalue weighted by Gasteiger charge is -2.33. The second kappa shape index (κ2) is 5.36. The topological polar surface area (TPSA) is 51.0 Å². The molecular weight excluding hydrogens is 272 g/mol. The summed E-state index contributed by atoms with van der Waals surface area (Å²) in [4.78, 5) is 23.6. The summed E-state index contributed by atoms with van der Waals surface area (Å²) in [5.41, 5.74) is 0. The van der Waals surface area contributed by atoms with Crippen molar-refractivity contribution in [2.75, 3.05) is 13.1 Å². The number of imidazole rings is 1. The van der Waals surface area contributed by atoms with Crippen LogP contribution in [0.5, 0.6) is 0 Å². The van der Waals surface area contributed by atoms with Crippen LogP contribution in [-0.2, 0) is 0 Å². The van der Waals surface area contributed by atoms with E-state index in [-0.39, 0.29) is 5.91 Å². The maximum absolute atomic E-state index is 12.5. The van der Waals surface area contributed by atoms with Crippen molar-refractivity contribution in [1.82, 2.24) is 19.4 Å². The highest BCUT2D eigenvalue weighted by Gasteiger charge is 2.26. The quantitative estimate of drug-likeness (QED) is 0.853. The van der Waals surface area contributed by atoms with Crippen LogP contribution in [0.4, 0.5) is 0 Å². The minimum atomic E-state index is 0.109. The molecular formula is C14H18N4OS. The predicted octanol–water partition coefficient (Wildman–Crippen LogP) is 2.43. The van der Waals surface area contributed by atoms with E-state index in [0.29, 0.717) is 6.04 Å². The van der Waals surface area contributed by atoms with E-state index in [1.165, 1.54) is 11.3 Å². The van der Waals surface area contributed by atoms with Crippen LogP contribution in [-0.4, -0.2) is 38.4 Å². The van der Waals surface area contributed by atoms with Gasteiger partial charge in [-0.25, -0.2) is 9.97 Å². The zero-order valence-electron chi connectivity index (χ0n) is 11.7. The molecule has 0 bridgehead atoms. The number of carbonyl (C=O) groups is 1. The van der Waals surface area contributed by atoms with E-state index in [1.807, 2.05) is 31.1 Å². The third kappa shape index (κ3) is 2.47. The van der Waals surface area contributed by atoms with Crippen LogP contribution in [0, 0.1) is 13.8 Å². The summed E-state index contributed by atoms with van der Waals surface area (Å²) in [6, 6.07) is 0.337. The highest BCUT2D eigenvalue weighted by molar-refractivity contribution is 7.13. The van der Waals surface area contributed by atoms with Gasteiger partial charge in [0.05, 0.1) is 17.2 Å². The number of likely N-dealkylation sites (tertiary alicyclic amines) is 1. The van der Waals surface area contributed by atoms with Crippen LogP contribution in [0.25, 0.3) is 0 Å². The first-order chi connectivity index (χ1) is 9.65. The summed E-state index contributed by atoms with van der Waals surface area (Å²) in [5.74, 6) is 1.12. The standard InChI is InChI=1S/C14H18N4OS/c1-10-15-5-7-18(10)12-4-3-6-17(9-12)14(19)13-8-16-11(2)20-13/h5,7-8,12H,3-4,6,9H2,1-2H3/t12-/m0/s1. The second-order valence-electron chi connectivity index (χ2n) is 5.17. The van der Waals surface area contributed by atoms with Gasteiger partial charge in [-0.05, 0) is 26.7 Å². The maximum atomic E-state index is 12.5. The number of carbonyl (C=O) groups excluding carboxylic acids is 1. The Hall–Kier alpha value is -1.69. The maximum Gasteiger partial charge on any atom is 0.265 e. The van der Waals surface area contributed by atoms with E-state index in [2.05, 4.69) is 14.5 Å². The first kappa shape index (κ1) is 13.3. The highest BCUT2D eigenvalue weighted by atomic mass is 32.1. The Balaban J connectivity index is 1.75. The van der Waals surface area contributed by atoms with Gasteiger partial charge in [0.15, 0.2) is 0 Å². The van der Waals surface area contributed by atoms with Crippen LogP contribution >= 0.6 is 11.3 Å². The molecule has 106 valence electrons. The zero-order chi connectivity index (χ0) is 14.1. The molecule has 2 aromatic rings. The van der Waals surface area contributed by atoms with Crippen molar-refractivity contribution in [3.63, 3.8) is 0 Å². The van der Waals surface area contributed by atoms with E-state index in [9.17, 15) is 4.79 Å². The summed E-state index contributed by atoms with van der Waals surface area (Å²) >= 11 is 1.47. The van der Waals surface area contributed by atoms with Gasteiger partial charge >= 0.3 is 0 Å². The van der Waals surface area contributed by atoms with Crippen molar-refractivity contribution in [2.45, 2.75) is 32.7 Å². The third-order valence-corrected chi connectivity index (χ3v) is 4.67. The first-order valence-corrected chi connectivity index (χ1v) is 7.68. The Labute approximate surface area is 122 Å². The second-order valence-corrected chi connectivity index (χ2v) is 6.41. The van der Waals surface area contributed by atoms with E-state index in [4.69, 9.17) is 0 Å². The molecule has 0 aromatic carbocycles. The van der Waals surface area contributed by atoms with Crippen LogP contribution in [0.3, 0.4) is 0 Å². The SMILES string of the molecule is Cc1ncc(C(=O)N2CCC[C@H](n3ccnc3C)C2)s1. The molecule has 0 aliphatic carbocycles. The van der Waals surface area contributed by atoms with E-state index in [1.54, 1.807) is 6.20 Å². The normalized spacial score (nSPS) is 19.3. The smallest absolute Gasteiger partial charge is 0.265 e. The number of rotatable bonds is 2. The van der Waals surface area contributed by atoms with Crippen LogP contribution in [0.15, 0.2) is 18.6 Å². The van der Waals surface area contributed by atoms with Gasteiger partial charge in [0.2, 0.25) is 0 Å². The monoisotopic (exact) mass is 290 g/mol. The molecule has 3 rings (SSSR count). The van der Waals surface area contributed by atoms with Crippen molar-refractivity contribution >= 4 is 17.2 Å². The summed E-state index contributed by atoms with van der Waals surface area (Å²) < 4.78 is 2.18. The Morgan fingerprint density at radius 1 is 1.40 bits per heavy atom. The Morgan fingerprint density at radius 2 is 2.25 bits per heavy atom. The lowest BCUT2D eigenvalue weighted by molar-refractivity contribution is 0.0683. The molecule has 0 N–H and O–H groups in total. The Bertz CT molecular complexity index is 618. The fourth-order valence-corrected chi connectivity index (χ4v) is 3.50.